The van der Waals surface area contributed by atoms with Gasteiger partial charge in [-0.15, -0.1) is 0 Å². The second-order valence-electron chi connectivity index (χ2n) is 14.9. The first kappa shape index (κ1) is 32.4. The smallest absolute Gasteiger partial charge is 0.137 e. The summed E-state index contributed by atoms with van der Waals surface area (Å²) < 4.78 is 4.74. The van der Waals surface area contributed by atoms with Gasteiger partial charge in [0.1, 0.15) is 5.82 Å². The van der Waals surface area contributed by atoms with Crippen LogP contribution in [-0.4, -0.2) is 24.1 Å². The lowest BCUT2D eigenvalue weighted by Gasteiger charge is -2.12. The van der Waals surface area contributed by atoms with Gasteiger partial charge in [-0.2, -0.15) is 0 Å². The summed E-state index contributed by atoms with van der Waals surface area (Å²) in [5, 5.41) is 7.34. The van der Waals surface area contributed by atoms with Crippen LogP contribution in [-0.2, 0) is 0 Å². The molecule has 0 amide bonds. The maximum Gasteiger partial charge on any atom is 0.137 e. The van der Waals surface area contributed by atoms with E-state index in [2.05, 4.69) is 167 Å². The number of aromatic nitrogens is 5. The molecule has 0 bridgehead atoms. The minimum atomic E-state index is 0.841. The molecule has 0 unspecified atom stereocenters. The summed E-state index contributed by atoms with van der Waals surface area (Å²) in [5.74, 6) is 0.863. The lowest BCUT2D eigenvalue weighted by molar-refractivity contribution is 1.08. The van der Waals surface area contributed by atoms with Crippen molar-refractivity contribution in [3.63, 3.8) is 0 Å². The fourth-order valence-corrected chi connectivity index (χ4v) is 8.85. The van der Waals surface area contributed by atoms with Crippen molar-refractivity contribution < 1.29 is 0 Å². The molecule has 12 rings (SSSR count). The number of rotatable bonds is 5. The van der Waals surface area contributed by atoms with Crippen LogP contribution < -0.4 is 0 Å². The Balaban J connectivity index is 1.02. The van der Waals surface area contributed by atoms with Gasteiger partial charge in [0.15, 0.2) is 0 Å². The van der Waals surface area contributed by atoms with E-state index in [-0.39, 0.29) is 0 Å². The van der Waals surface area contributed by atoms with Crippen molar-refractivity contribution in [1.29, 1.82) is 0 Å². The third-order valence-corrected chi connectivity index (χ3v) is 11.5. The zero-order valence-corrected chi connectivity index (χ0v) is 31.3. The number of fused-ring (bicyclic) bond motifs is 9. The highest BCUT2D eigenvalue weighted by Crippen LogP contribution is 2.42. The highest BCUT2D eigenvalue weighted by molar-refractivity contribution is 6.23. The standard InChI is InChI=1S/C53H33N5/c1-4-15-35(16-5-1)51-52(36-17-6-2-7-18-36)56-46-30-37(25-28-45(46)55-51)38-26-29-50(54-33-38)58-47-23-13-12-22-41(47)43-31-44-42-27-24-34-14-10-11-21-40(34)53(42)57(48(44)32-49(43)58)39-19-8-3-9-20-39/h1-33H. The minimum Gasteiger partial charge on any atom is -0.309 e. The SMILES string of the molecule is c1ccc(-c2nc3ccc(-c4ccc(-n5c6ccccc6c6cc7c8ccc9ccccc9c8n(-c8ccccc8)c7cc65)nc4)cc3nc2-c2ccccc2)cc1. The van der Waals surface area contributed by atoms with Gasteiger partial charge in [0, 0.05) is 55.5 Å². The third-order valence-electron chi connectivity index (χ3n) is 11.5. The molecule has 4 aromatic heterocycles. The van der Waals surface area contributed by atoms with E-state index in [0.717, 1.165) is 72.7 Å². The van der Waals surface area contributed by atoms with E-state index in [0.29, 0.717) is 0 Å². The molecule has 4 heterocycles. The maximum atomic E-state index is 5.23. The third kappa shape index (κ3) is 5.00. The lowest BCUT2D eigenvalue weighted by Crippen LogP contribution is -1.98. The zero-order chi connectivity index (χ0) is 38.2. The first-order chi connectivity index (χ1) is 28.8. The molecule has 0 aliphatic carbocycles. The van der Waals surface area contributed by atoms with Crippen LogP contribution in [0.3, 0.4) is 0 Å². The molecule has 0 aliphatic heterocycles. The van der Waals surface area contributed by atoms with Crippen molar-refractivity contribution in [1.82, 2.24) is 24.1 Å². The zero-order valence-electron chi connectivity index (χ0n) is 31.3. The quantitative estimate of drug-likeness (QED) is 0.177. The van der Waals surface area contributed by atoms with E-state index in [1.807, 2.05) is 42.6 Å². The van der Waals surface area contributed by atoms with Crippen molar-refractivity contribution in [3.8, 4) is 45.1 Å². The number of para-hydroxylation sites is 2. The Hall–Kier alpha value is -7.89. The molecule has 0 saturated heterocycles. The van der Waals surface area contributed by atoms with Gasteiger partial charge in [0.05, 0.1) is 44.5 Å². The Bertz CT molecular complexity index is 3530. The van der Waals surface area contributed by atoms with Crippen molar-refractivity contribution in [3.05, 3.63) is 200 Å². The normalized spacial score (nSPS) is 11.8. The van der Waals surface area contributed by atoms with Crippen molar-refractivity contribution in [2.24, 2.45) is 0 Å². The Labute approximate surface area is 333 Å². The maximum absolute atomic E-state index is 5.23. The second-order valence-corrected chi connectivity index (χ2v) is 14.9. The number of nitrogens with zero attached hydrogens (tertiary/aromatic N) is 5. The molecule has 58 heavy (non-hydrogen) atoms. The van der Waals surface area contributed by atoms with E-state index >= 15 is 0 Å². The van der Waals surface area contributed by atoms with Crippen molar-refractivity contribution >= 4 is 65.4 Å². The number of pyridine rings is 1. The molecule has 0 spiro atoms. The summed E-state index contributed by atoms with van der Waals surface area (Å²) in [4.78, 5) is 15.5. The van der Waals surface area contributed by atoms with Crippen LogP contribution in [0.4, 0.5) is 0 Å². The monoisotopic (exact) mass is 739 g/mol. The van der Waals surface area contributed by atoms with Gasteiger partial charge < -0.3 is 4.57 Å². The van der Waals surface area contributed by atoms with Crippen LogP contribution in [0.15, 0.2) is 200 Å². The average Bonchev–Trinajstić information content (AvgIpc) is 3.80. The van der Waals surface area contributed by atoms with E-state index in [4.69, 9.17) is 15.0 Å². The predicted octanol–water partition coefficient (Wildman–Crippen LogP) is 13.4. The van der Waals surface area contributed by atoms with Crippen LogP contribution in [0.2, 0.25) is 0 Å². The van der Waals surface area contributed by atoms with Gasteiger partial charge in [-0.3, -0.25) is 4.57 Å². The molecule has 5 heteroatoms. The summed E-state index contributed by atoms with van der Waals surface area (Å²) in [6.07, 6.45) is 1.98. The molecule has 12 aromatic rings. The Morgan fingerprint density at radius 2 is 0.966 bits per heavy atom. The van der Waals surface area contributed by atoms with E-state index in [1.54, 1.807) is 0 Å². The molecular weight excluding hydrogens is 707 g/mol. The molecule has 0 atom stereocenters. The molecule has 0 saturated carbocycles. The van der Waals surface area contributed by atoms with Crippen LogP contribution >= 0.6 is 0 Å². The van der Waals surface area contributed by atoms with Crippen LogP contribution in [0.25, 0.3) is 111 Å². The highest BCUT2D eigenvalue weighted by atomic mass is 15.1. The fourth-order valence-electron chi connectivity index (χ4n) is 8.85. The van der Waals surface area contributed by atoms with Gasteiger partial charge in [-0.25, -0.2) is 15.0 Å². The topological polar surface area (TPSA) is 48.5 Å². The number of hydrogen-bond acceptors (Lipinski definition) is 3. The van der Waals surface area contributed by atoms with Crippen molar-refractivity contribution in [2.75, 3.05) is 0 Å². The first-order valence-electron chi connectivity index (χ1n) is 19.6. The molecule has 0 radical (unpaired) electrons. The van der Waals surface area contributed by atoms with Gasteiger partial charge in [0.2, 0.25) is 0 Å². The molecule has 0 aliphatic rings. The van der Waals surface area contributed by atoms with E-state index < -0.39 is 0 Å². The number of hydrogen-bond donors (Lipinski definition) is 0. The van der Waals surface area contributed by atoms with Crippen LogP contribution in [0, 0.1) is 0 Å². The molecule has 8 aromatic carbocycles. The van der Waals surface area contributed by atoms with Crippen molar-refractivity contribution in [2.45, 2.75) is 0 Å². The Morgan fingerprint density at radius 1 is 0.345 bits per heavy atom. The van der Waals surface area contributed by atoms with E-state index in [9.17, 15) is 0 Å². The summed E-state index contributed by atoms with van der Waals surface area (Å²) in [5.41, 5.74) is 13.3. The molecule has 0 N–H and O–H groups in total. The molecule has 5 nitrogen and oxygen atoms in total. The lowest BCUT2D eigenvalue weighted by atomic mass is 10.0. The first-order valence-corrected chi connectivity index (χ1v) is 19.6. The summed E-state index contributed by atoms with van der Waals surface area (Å²) in [6, 6.07) is 68.6. The summed E-state index contributed by atoms with van der Waals surface area (Å²) >= 11 is 0. The van der Waals surface area contributed by atoms with Gasteiger partial charge in [0.25, 0.3) is 0 Å². The molecule has 270 valence electrons. The highest BCUT2D eigenvalue weighted by Gasteiger charge is 2.20. The van der Waals surface area contributed by atoms with E-state index in [1.165, 1.54) is 37.8 Å². The largest absolute Gasteiger partial charge is 0.309 e. The molecule has 0 fully saturated rings. The minimum absolute atomic E-state index is 0.841. The Kier molecular flexibility index (Phi) is 7.16. The van der Waals surface area contributed by atoms with Gasteiger partial charge in [-0.05, 0) is 65.5 Å². The van der Waals surface area contributed by atoms with Crippen LogP contribution in [0.5, 0.6) is 0 Å². The second kappa shape index (κ2) is 12.8. The van der Waals surface area contributed by atoms with Crippen LogP contribution in [0.1, 0.15) is 0 Å². The summed E-state index contributed by atoms with van der Waals surface area (Å²) in [7, 11) is 0. The van der Waals surface area contributed by atoms with Gasteiger partial charge >= 0.3 is 0 Å². The molecular formula is C53H33N5. The fraction of sp³-hybridized carbons (Fsp3) is 0. The van der Waals surface area contributed by atoms with Gasteiger partial charge in [-0.1, -0.05) is 140 Å². The predicted molar refractivity (Wildman–Crippen MR) is 240 cm³/mol. The average molecular weight is 740 g/mol. The number of benzene rings is 8. The summed E-state index contributed by atoms with van der Waals surface area (Å²) in [6.45, 7) is 0. The Morgan fingerprint density at radius 3 is 1.71 bits per heavy atom.